The molecule has 1 aromatic carbocycles. The average Bonchev–Trinajstić information content (AvgIpc) is 2.26. The van der Waals surface area contributed by atoms with Crippen molar-refractivity contribution in [2.45, 2.75) is 19.9 Å². The Hall–Kier alpha value is -1.38. The van der Waals surface area contributed by atoms with E-state index in [9.17, 15) is 20.0 Å². The molecule has 2 N–H and O–H groups in total. The number of hydrogen-bond donors (Lipinski definition) is 2. The zero-order valence-corrected chi connectivity index (χ0v) is 12.1. The summed E-state index contributed by atoms with van der Waals surface area (Å²) >= 11 is 1.78. The Bertz CT molecular complexity index is 490. The van der Waals surface area contributed by atoms with E-state index < -0.39 is 16.9 Å². The second kappa shape index (κ2) is 5.98. The van der Waals surface area contributed by atoms with Crippen molar-refractivity contribution in [3.63, 3.8) is 0 Å². The summed E-state index contributed by atoms with van der Waals surface area (Å²) < 4.78 is 0.0716. The van der Waals surface area contributed by atoms with Crippen LogP contribution in [0.3, 0.4) is 0 Å². The van der Waals surface area contributed by atoms with Gasteiger partial charge in [0.15, 0.2) is 0 Å². The van der Waals surface area contributed by atoms with Gasteiger partial charge in [-0.15, -0.1) is 0 Å². The molecular weight excluding hydrogens is 351 g/mol. The van der Waals surface area contributed by atoms with Gasteiger partial charge in [-0.25, -0.2) is 0 Å². The highest BCUT2D eigenvalue weighted by Crippen LogP contribution is 2.27. The Kier molecular flexibility index (Phi) is 4.88. The number of nitrogens with one attached hydrogen (secondary N) is 1. The summed E-state index contributed by atoms with van der Waals surface area (Å²) in [5.74, 6) is -0.824. The van der Waals surface area contributed by atoms with E-state index in [-0.39, 0.29) is 15.9 Å². The van der Waals surface area contributed by atoms with Crippen LogP contribution < -0.4 is 5.32 Å². The van der Waals surface area contributed by atoms with Gasteiger partial charge in [0.25, 0.3) is 11.9 Å². The Morgan fingerprint density at radius 1 is 1.50 bits per heavy atom. The van der Waals surface area contributed by atoms with E-state index in [0.29, 0.717) is 0 Å². The van der Waals surface area contributed by atoms with Crippen molar-refractivity contribution in [3.05, 3.63) is 33.4 Å². The first kappa shape index (κ1) is 14.7. The maximum absolute atomic E-state index is 11.7. The fourth-order valence-corrected chi connectivity index (χ4v) is 2.06. The number of amides is 1. The molecule has 0 bridgehead atoms. The molecule has 1 amide bonds. The molecule has 0 fully saturated rings. The number of carbonyl (C=O) groups excluding carboxylic acids is 1. The zero-order chi connectivity index (χ0) is 13.9. The van der Waals surface area contributed by atoms with Crippen LogP contribution in [0.5, 0.6) is 5.75 Å². The second-order valence-corrected chi connectivity index (χ2v) is 4.78. The van der Waals surface area contributed by atoms with Gasteiger partial charge in [-0.2, -0.15) is 0 Å². The highest BCUT2D eigenvalue weighted by atomic mass is 127. The molecule has 0 aliphatic heterocycles. The molecule has 0 saturated carbocycles. The topological polar surface area (TPSA) is 92.5 Å². The van der Waals surface area contributed by atoms with Gasteiger partial charge in [0.2, 0.25) is 0 Å². The van der Waals surface area contributed by atoms with Crippen LogP contribution >= 0.6 is 22.6 Å². The Labute approximate surface area is 118 Å². The van der Waals surface area contributed by atoms with E-state index in [2.05, 4.69) is 5.32 Å². The number of halogens is 1. The van der Waals surface area contributed by atoms with Crippen molar-refractivity contribution >= 4 is 34.2 Å². The number of anilines is 1. The van der Waals surface area contributed by atoms with Crippen LogP contribution in [-0.2, 0) is 4.79 Å². The van der Waals surface area contributed by atoms with Crippen molar-refractivity contribution in [3.8, 4) is 5.75 Å². The smallest absolute Gasteiger partial charge is 0.300 e. The summed E-state index contributed by atoms with van der Waals surface area (Å²) in [4.78, 5) is 21.7. The van der Waals surface area contributed by atoms with E-state index >= 15 is 0 Å². The standard InChI is InChI=1S/C11H13IN2O4/c1-6-3-8(10(15)4-7(6)2)13-11(16)9(5-12)14(17)18/h3-4,9,15H,5H2,1-2H3,(H,13,16). The molecule has 1 unspecified atom stereocenters. The number of aromatic hydroxyl groups is 1. The molecule has 0 aliphatic rings. The molecule has 98 valence electrons. The monoisotopic (exact) mass is 364 g/mol. The van der Waals surface area contributed by atoms with Gasteiger partial charge in [0.1, 0.15) is 5.75 Å². The third-order valence-electron chi connectivity index (χ3n) is 2.57. The molecule has 0 saturated heterocycles. The second-order valence-electron chi connectivity index (χ2n) is 3.90. The van der Waals surface area contributed by atoms with Gasteiger partial charge < -0.3 is 10.4 Å². The zero-order valence-electron chi connectivity index (χ0n) is 9.94. The number of hydrogen-bond acceptors (Lipinski definition) is 4. The lowest BCUT2D eigenvalue weighted by Crippen LogP contribution is -2.36. The van der Waals surface area contributed by atoms with Gasteiger partial charge in [0.05, 0.1) is 10.1 Å². The Morgan fingerprint density at radius 3 is 2.56 bits per heavy atom. The van der Waals surface area contributed by atoms with Crippen molar-refractivity contribution < 1.29 is 14.8 Å². The molecule has 0 radical (unpaired) electrons. The molecule has 0 aromatic heterocycles. The van der Waals surface area contributed by atoms with Crippen LogP contribution in [0.15, 0.2) is 12.1 Å². The van der Waals surface area contributed by atoms with Gasteiger partial charge in [-0.05, 0) is 37.1 Å². The van der Waals surface area contributed by atoms with E-state index in [1.165, 1.54) is 6.07 Å². The van der Waals surface area contributed by atoms with Crippen LogP contribution in [0.25, 0.3) is 0 Å². The maximum Gasteiger partial charge on any atom is 0.300 e. The summed E-state index contributed by atoms with van der Waals surface area (Å²) in [6.45, 7) is 3.65. The van der Waals surface area contributed by atoms with E-state index in [0.717, 1.165) is 11.1 Å². The van der Waals surface area contributed by atoms with Gasteiger partial charge >= 0.3 is 0 Å². The molecule has 1 atom stereocenters. The van der Waals surface area contributed by atoms with Gasteiger partial charge in [0, 0.05) is 4.92 Å². The quantitative estimate of drug-likeness (QED) is 0.281. The summed E-state index contributed by atoms with van der Waals surface area (Å²) in [7, 11) is 0. The van der Waals surface area contributed by atoms with Crippen molar-refractivity contribution in [2.24, 2.45) is 0 Å². The lowest BCUT2D eigenvalue weighted by molar-refractivity contribution is -0.500. The van der Waals surface area contributed by atoms with Crippen LogP contribution in [-0.4, -0.2) is 26.4 Å². The van der Waals surface area contributed by atoms with E-state index in [4.69, 9.17) is 0 Å². The average molecular weight is 364 g/mol. The minimum Gasteiger partial charge on any atom is -0.506 e. The lowest BCUT2D eigenvalue weighted by Gasteiger charge is -2.11. The highest BCUT2D eigenvalue weighted by molar-refractivity contribution is 14.1. The van der Waals surface area contributed by atoms with E-state index in [1.807, 2.05) is 13.8 Å². The maximum atomic E-state index is 11.7. The van der Waals surface area contributed by atoms with Crippen molar-refractivity contribution in [1.82, 2.24) is 0 Å². The number of aryl methyl sites for hydroxylation is 2. The fourth-order valence-electron chi connectivity index (χ4n) is 1.34. The van der Waals surface area contributed by atoms with E-state index in [1.54, 1.807) is 28.7 Å². The molecule has 7 heteroatoms. The summed E-state index contributed by atoms with van der Waals surface area (Å²) in [6.07, 6.45) is 0. The number of nitro groups is 1. The minimum absolute atomic E-state index is 0.0716. The molecule has 1 rings (SSSR count). The summed E-state index contributed by atoms with van der Waals surface area (Å²) in [5.41, 5.74) is 1.96. The number of phenolic OH excluding ortho intramolecular Hbond substituents is 1. The van der Waals surface area contributed by atoms with Crippen LogP contribution in [0.4, 0.5) is 5.69 Å². The fraction of sp³-hybridized carbons (Fsp3) is 0.364. The molecule has 0 aliphatic carbocycles. The normalized spacial score (nSPS) is 11.9. The molecule has 18 heavy (non-hydrogen) atoms. The number of carbonyl (C=O) groups is 1. The molecular formula is C11H13IN2O4. The number of nitrogens with zero attached hydrogens (tertiary/aromatic N) is 1. The third kappa shape index (κ3) is 3.31. The third-order valence-corrected chi connectivity index (χ3v) is 3.41. The first-order chi connectivity index (χ1) is 8.36. The number of benzene rings is 1. The first-order valence-corrected chi connectivity index (χ1v) is 6.70. The predicted octanol–water partition coefficient (Wildman–Crippen LogP) is 2.03. The van der Waals surface area contributed by atoms with Gasteiger partial charge in [-0.3, -0.25) is 14.9 Å². The molecule has 6 nitrogen and oxygen atoms in total. The van der Waals surface area contributed by atoms with Crippen molar-refractivity contribution in [2.75, 3.05) is 9.74 Å². The van der Waals surface area contributed by atoms with Crippen LogP contribution in [0.1, 0.15) is 11.1 Å². The summed E-state index contributed by atoms with van der Waals surface area (Å²) in [6, 6.07) is 1.79. The summed E-state index contributed by atoms with van der Waals surface area (Å²) in [5, 5.41) is 22.7. The first-order valence-electron chi connectivity index (χ1n) is 5.17. The molecule has 0 spiro atoms. The van der Waals surface area contributed by atoms with Crippen LogP contribution in [0.2, 0.25) is 0 Å². The number of phenols is 1. The minimum atomic E-state index is -1.31. The predicted molar refractivity (Wildman–Crippen MR) is 75.9 cm³/mol. The Morgan fingerprint density at radius 2 is 2.06 bits per heavy atom. The van der Waals surface area contributed by atoms with Gasteiger partial charge in [-0.1, -0.05) is 22.6 Å². The Balaban J connectivity index is 2.94. The number of alkyl halides is 1. The largest absolute Gasteiger partial charge is 0.506 e. The van der Waals surface area contributed by atoms with Crippen molar-refractivity contribution in [1.29, 1.82) is 0 Å². The highest BCUT2D eigenvalue weighted by Gasteiger charge is 2.28. The molecule has 1 aromatic rings. The SMILES string of the molecule is Cc1cc(O)c(NC(=O)C(CI)[N+](=O)[O-])cc1C. The van der Waals surface area contributed by atoms with Crippen LogP contribution in [0, 0.1) is 24.0 Å². The number of rotatable bonds is 4. The molecule has 0 heterocycles. The lowest BCUT2D eigenvalue weighted by atomic mass is 10.1.